The van der Waals surface area contributed by atoms with Crippen molar-refractivity contribution in [3.05, 3.63) is 161 Å². The zero-order chi connectivity index (χ0) is 25.8. The van der Waals surface area contributed by atoms with Crippen LogP contribution in [-0.2, 0) is 5.41 Å². The van der Waals surface area contributed by atoms with E-state index in [1.54, 1.807) is 0 Å². The summed E-state index contributed by atoms with van der Waals surface area (Å²) in [7, 11) is 0. The Morgan fingerprint density at radius 3 is 1.71 bits per heavy atom. The Bertz CT molecular complexity index is 1160. The van der Waals surface area contributed by atoms with E-state index in [0.29, 0.717) is 0 Å². The fraction of sp³-hybridized carbons (Fsp3) is 0.200. The minimum Gasteiger partial charge on any atom is -0.0987 e. The lowest BCUT2D eigenvalue weighted by Gasteiger charge is -2.34. The van der Waals surface area contributed by atoms with E-state index in [9.17, 15) is 0 Å². The van der Waals surface area contributed by atoms with Crippen molar-refractivity contribution in [3.8, 4) is 0 Å². The van der Waals surface area contributed by atoms with Crippen LogP contribution in [0.2, 0.25) is 0 Å². The molecular formula is C35H40. The van der Waals surface area contributed by atoms with Gasteiger partial charge >= 0.3 is 0 Å². The predicted octanol–water partition coefficient (Wildman–Crippen LogP) is 10.0. The number of allylic oxidation sites excluding steroid dienone is 8. The van der Waals surface area contributed by atoms with Crippen LogP contribution in [0.15, 0.2) is 134 Å². The highest BCUT2D eigenvalue weighted by Gasteiger charge is 2.45. The molecule has 0 amide bonds. The molecule has 0 saturated carbocycles. The maximum absolute atomic E-state index is 4.19. The number of benzene rings is 3. The first kappa shape index (κ1) is 27.6. The van der Waals surface area contributed by atoms with Crippen LogP contribution in [0.1, 0.15) is 62.4 Å². The van der Waals surface area contributed by atoms with Crippen LogP contribution in [0.4, 0.5) is 0 Å². The molecule has 0 atom stereocenters. The van der Waals surface area contributed by atoms with E-state index in [4.69, 9.17) is 0 Å². The molecule has 0 saturated heterocycles. The number of aryl methyl sites for hydroxylation is 1. The predicted molar refractivity (Wildman–Crippen MR) is 157 cm³/mol. The molecule has 0 fully saturated rings. The summed E-state index contributed by atoms with van der Waals surface area (Å²) in [5, 5.41) is 0. The van der Waals surface area contributed by atoms with Gasteiger partial charge in [0.15, 0.2) is 0 Å². The molecule has 0 nitrogen and oxygen atoms in total. The molecule has 0 spiro atoms. The van der Waals surface area contributed by atoms with Crippen molar-refractivity contribution < 1.29 is 0 Å². The molecule has 4 rings (SSSR count). The maximum Gasteiger partial charge on any atom is 0.0713 e. The van der Waals surface area contributed by atoms with Gasteiger partial charge in [-0.25, -0.2) is 0 Å². The van der Waals surface area contributed by atoms with Crippen LogP contribution in [0.25, 0.3) is 5.57 Å². The molecule has 0 aliphatic heterocycles. The highest BCUT2D eigenvalue weighted by atomic mass is 14.5. The normalized spacial score (nSPS) is 13.8. The number of rotatable bonds is 5. The van der Waals surface area contributed by atoms with Gasteiger partial charge in [0.25, 0.3) is 0 Å². The summed E-state index contributed by atoms with van der Waals surface area (Å²) in [6.07, 6.45) is 10.2. The topological polar surface area (TPSA) is 0 Å². The molecule has 0 radical (unpaired) electrons. The van der Waals surface area contributed by atoms with E-state index in [1.165, 1.54) is 44.5 Å². The Balaban J connectivity index is 0.000000416. The van der Waals surface area contributed by atoms with E-state index in [0.717, 1.165) is 0 Å². The van der Waals surface area contributed by atoms with Crippen molar-refractivity contribution in [1.29, 1.82) is 0 Å². The number of fused-ring (bicyclic) bond motifs is 1. The minimum absolute atomic E-state index is 0.364. The van der Waals surface area contributed by atoms with Crippen molar-refractivity contribution >= 4 is 5.57 Å². The van der Waals surface area contributed by atoms with Gasteiger partial charge in [-0.3, -0.25) is 0 Å². The third kappa shape index (κ3) is 5.54. The zero-order valence-corrected chi connectivity index (χ0v) is 22.3. The van der Waals surface area contributed by atoms with Crippen LogP contribution in [-0.4, -0.2) is 0 Å². The van der Waals surface area contributed by atoms with Crippen molar-refractivity contribution in [3.63, 3.8) is 0 Å². The van der Waals surface area contributed by atoms with Crippen LogP contribution in [0.3, 0.4) is 0 Å². The second-order valence-corrected chi connectivity index (χ2v) is 8.30. The average Bonchev–Trinajstić information content (AvgIpc) is 3.20. The van der Waals surface area contributed by atoms with E-state index in [2.05, 4.69) is 118 Å². The van der Waals surface area contributed by atoms with E-state index in [1.807, 2.05) is 45.9 Å². The molecule has 0 N–H and O–H groups in total. The second-order valence-electron chi connectivity index (χ2n) is 8.30. The fourth-order valence-corrected chi connectivity index (χ4v) is 4.71. The van der Waals surface area contributed by atoms with Gasteiger partial charge in [-0.1, -0.05) is 147 Å². The van der Waals surface area contributed by atoms with Gasteiger partial charge in [0.1, 0.15) is 0 Å². The molecule has 1 aliphatic carbocycles. The third-order valence-electron chi connectivity index (χ3n) is 6.27. The smallest absolute Gasteiger partial charge is 0.0713 e. The summed E-state index contributed by atoms with van der Waals surface area (Å²) < 4.78 is 0. The van der Waals surface area contributed by atoms with Gasteiger partial charge < -0.3 is 0 Å². The molecule has 0 heteroatoms. The molecular weight excluding hydrogens is 420 g/mol. The van der Waals surface area contributed by atoms with E-state index >= 15 is 0 Å². The Hall–Kier alpha value is -3.64. The first-order chi connectivity index (χ1) is 17.0. The van der Waals surface area contributed by atoms with Crippen molar-refractivity contribution in [2.45, 2.75) is 47.0 Å². The fourth-order valence-electron chi connectivity index (χ4n) is 4.71. The van der Waals surface area contributed by atoms with Gasteiger partial charge in [-0.2, -0.15) is 0 Å². The molecule has 3 aromatic rings. The highest BCUT2D eigenvalue weighted by molar-refractivity contribution is 5.91. The molecule has 3 aromatic carbocycles. The van der Waals surface area contributed by atoms with Crippen LogP contribution >= 0.6 is 0 Å². The summed E-state index contributed by atoms with van der Waals surface area (Å²) in [6.45, 7) is 20.6. The van der Waals surface area contributed by atoms with Crippen molar-refractivity contribution in [1.82, 2.24) is 0 Å². The summed E-state index contributed by atoms with van der Waals surface area (Å²) in [4.78, 5) is 0. The van der Waals surface area contributed by atoms with Crippen LogP contribution < -0.4 is 0 Å². The van der Waals surface area contributed by atoms with Gasteiger partial charge in [-0.15, -0.1) is 0 Å². The molecule has 1 aliphatic rings. The quantitative estimate of drug-likeness (QED) is 0.332. The summed E-state index contributed by atoms with van der Waals surface area (Å²) in [5.74, 6) is 0. The van der Waals surface area contributed by atoms with Crippen molar-refractivity contribution in [2.24, 2.45) is 0 Å². The molecule has 0 aromatic heterocycles. The standard InChI is InChI=1S/C26H22.C7H12.C2H6/c1-4-22-23-18-19(3)16-17-25(23)26(24(22)5-2,20-12-8-6-9-13-20)21-14-10-7-11-15-21;1-4-6-7(3)5-2;1-2/h4-18H,1-2H2,3H3;4-6H,1-3H3;1-2H3/b;6-4-,7-5-;. The van der Waals surface area contributed by atoms with E-state index < -0.39 is 0 Å². The molecule has 180 valence electrons. The largest absolute Gasteiger partial charge is 0.0987 e. The first-order valence-corrected chi connectivity index (χ1v) is 12.5. The van der Waals surface area contributed by atoms with Gasteiger partial charge in [-0.05, 0) is 61.1 Å². The van der Waals surface area contributed by atoms with Crippen molar-refractivity contribution in [2.75, 3.05) is 0 Å². The molecule has 35 heavy (non-hydrogen) atoms. The number of hydrogen-bond acceptors (Lipinski definition) is 0. The van der Waals surface area contributed by atoms with Gasteiger partial charge in [0.05, 0.1) is 5.41 Å². The van der Waals surface area contributed by atoms with Gasteiger partial charge in [0, 0.05) is 0 Å². The SMILES string of the molecule is C/C=C\C(C)=C/C.C=CC1=C(C=C)C(c2ccccc2)(c2ccccc2)c2ccc(C)cc21.CC. The summed E-state index contributed by atoms with van der Waals surface area (Å²) >= 11 is 0. The Kier molecular flexibility index (Phi) is 10.5. The Labute approximate surface area is 213 Å². The Morgan fingerprint density at radius 2 is 1.31 bits per heavy atom. The highest BCUT2D eigenvalue weighted by Crippen LogP contribution is 2.55. The van der Waals surface area contributed by atoms with Crippen LogP contribution in [0, 0.1) is 6.92 Å². The molecule has 0 unspecified atom stereocenters. The Morgan fingerprint density at radius 1 is 0.771 bits per heavy atom. The monoisotopic (exact) mass is 460 g/mol. The lowest BCUT2D eigenvalue weighted by Crippen LogP contribution is -2.29. The lowest BCUT2D eigenvalue weighted by molar-refractivity contribution is 0.761. The maximum atomic E-state index is 4.19. The lowest BCUT2D eigenvalue weighted by atomic mass is 9.67. The second kappa shape index (κ2) is 13.3. The zero-order valence-electron chi connectivity index (χ0n) is 22.3. The average molecular weight is 461 g/mol. The molecule has 0 heterocycles. The molecule has 0 bridgehead atoms. The first-order valence-electron chi connectivity index (χ1n) is 12.5. The van der Waals surface area contributed by atoms with Gasteiger partial charge in [0.2, 0.25) is 0 Å². The summed E-state index contributed by atoms with van der Waals surface area (Å²) in [6, 6.07) is 28.2. The van der Waals surface area contributed by atoms with E-state index in [-0.39, 0.29) is 5.41 Å². The third-order valence-corrected chi connectivity index (χ3v) is 6.27. The summed E-state index contributed by atoms with van der Waals surface area (Å²) in [5.41, 5.74) is 9.64. The minimum atomic E-state index is -0.364. The number of hydrogen-bond donors (Lipinski definition) is 0. The van der Waals surface area contributed by atoms with Crippen LogP contribution in [0.5, 0.6) is 0 Å².